The van der Waals surface area contributed by atoms with E-state index < -0.39 is 17.7 Å². The lowest BCUT2D eigenvalue weighted by Crippen LogP contribution is -2.53. The molecule has 0 spiro atoms. The lowest BCUT2D eigenvalue weighted by Gasteiger charge is -2.33. The topological polar surface area (TPSA) is 82.1 Å². The van der Waals surface area contributed by atoms with Gasteiger partial charge in [0.05, 0.1) is 6.10 Å². The maximum atomic E-state index is 12.8. The van der Waals surface area contributed by atoms with Gasteiger partial charge in [-0.15, -0.1) is 0 Å². The molecule has 1 aromatic carbocycles. The highest BCUT2D eigenvalue weighted by Gasteiger charge is 2.32. The number of piperidine rings is 1. The van der Waals surface area contributed by atoms with E-state index in [0.717, 1.165) is 30.8 Å². The van der Waals surface area contributed by atoms with Gasteiger partial charge in [0.2, 0.25) is 5.91 Å². The van der Waals surface area contributed by atoms with Crippen molar-refractivity contribution in [1.29, 1.82) is 0 Å². The molecule has 7 heteroatoms. The molecule has 2 heterocycles. The van der Waals surface area contributed by atoms with Gasteiger partial charge < -0.3 is 25.0 Å². The van der Waals surface area contributed by atoms with Gasteiger partial charge in [-0.05, 0) is 64.3 Å². The molecule has 2 atom stereocenters. The first-order valence-electron chi connectivity index (χ1n) is 9.57. The van der Waals surface area contributed by atoms with Gasteiger partial charge in [-0.1, -0.05) is 0 Å². The van der Waals surface area contributed by atoms with Crippen molar-refractivity contribution >= 4 is 23.4 Å². The lowest BCUT2D eigenvalue weighted by atomic mass is 10.0. The van der Waals surface area contributed by atoms with Crippen molar-refractivity contribution in [2.75, 3.05) is 29.4 Å². The van der Waals surface area contributed by atoms with Crippen molar-refractivity contribution < 1.29 is 19.4 Å². The molecule has 2 aliphatic rings. The van der Waals surface area contributed by atoms with Gasteiger partial charge in [-0.25, -0.2) is 4.79 Å². The molecular weight excluding hydrogens is 346 g/mol. The maximum Gasteiger partial charge on any atom is 0.408 e. The molecule has 7 nitrogen and oxygen atoms in total. The second-order valence-corrected chi connectivity index (χ2v) is 8.24. The van der Waals surface area contributed by atoms with E-state index in [0.29, 0.717) is 19.5 Å². The Hall–Kier alpha value is -2.28. The number of hydrogen-bond acceptors (Lipinski definition) is 5. The number of nitrogens with zero attached hydrogens (tertiary/aromatic N) is 2. The molecule has 2 N–H and O–H groups in total. The number of alkyl carbamates (subject to hydrolysis) is 1. The normalized spacial score (nSPS) is 23.5. The van der Waals surface area contributed by atoms with E-state index in [-0.39, 0.29) is 12.0 Å². The quantitative estimate of drug-likeness (QED) is 0.847. The van der Waals surface area contributed by atoms with Crippen LogP contribution in [0, 0.1) is 0 Å². The predicted molar refractivity (Wildman–Crippen MR) is 104 cm³/mol. The summed E-state index contributed by atoms with van der Waals surface area (Å²) < 4.78 is 5.26. The Morgan fingerprint density at radius 1 is 1.15 bits per heavy atom. The van der Waals surface area contributed by atoms with Gasteiger partial charge in [-0.3, -0.25) is 4.79 Å². The number of aliphatic hydroxyl groups excluding tert-OH is 1. The highest BCUT2D eigenvalue weighted by Crippen LogP contribution is 2.26. The van der Waals surface area contributed by atoms with Crippen LogP contribution < -0.4 is 15.1 Å². The minimum atomic E-state index is -0.597. The van der Waals surface area contributed by atoms with Crippen LogP contribution in [0.3, 0.4) is 0 Å². The average molecular weight is 375 g/mol. The zero-order valence-electron chi connectivity index (χ0n) is 16.3. The zero-order chi connectivity index (χ0) is 19.6. The van der Waals surface area contributed by atoms with E-state index in [4.69, 9.17) is 4.74 Å². The van der Waals surface area contributed by atoms with Gasteiger partial charge >= 0.3 is 6.09 Å². The van der Waals surface area contributed by atoms with Crippen molar-refractivity contribution in [3.05, 3.63) is 24.3 Å². The molecular formula is C20H29N3O4. The van der Waals surface area contributed by atoms with Gasteiger partial charge in [0, 0.05) is 31.0 Å². The monoisotopic (exact) mass is 375 g/mol. The largest absolute Gasteiger partial charge is 0.444 e. The molecule has 2 unspecified atom stereocenters. The van der Waals surface area contributed by atoms with Crippen molar-refractivity contribution in [2.45, 2.75) is 57.8 Å². The first-order valence-corrected chi connectivity index (χ1v) is 9.57. The number of carbonyl (C=O) groups excluding carboxylic acids is 2. The van der Waals surface area contributed by atoms with Gasteiger partial charge in [0.1, 0.15) is 11.6 Å². The zero-order valence-corrected chi connectivity index (χ0v) is 16.3. The standard InChI is InChI=1S/C20H29N3O4/c1-20(2,3)27-19(26)21-17-5-4-11-23(18(17)25)15-8-6-14(7-9-15)22-12-10-16(24)13-22/h6-9,16-17,24H,4-5,10-13H2,1-3H3,(H,21,26). The van der Waals surface area contributed by atoms with Crippen molar-refractivity contribution in [3.8, 4) is 0 Å². The molecule has 2 aliphatic heterocycles. The average Bonchev–Trinajstić information content (AvgIpc) is 3.02. The van der Waals surface area contributed by atoms with Gasteiger partial charge in [-0.2, -0.15) is 0 Å². The molecule has 0 radical (unpaired) electrons. The van der Waals surface area contributed by atoms with Gasteiger partial charge in [0.15, 0.2) is 0 Å². The SMILES string of the molecule is CC(C)(C)OC(=O)NC1CCCN(c2ccc(N3CCC(O)C3)cc2)C1=O. The van der Waals surface area contributed by atoms with Gasteiger partial charge in [0.25, 0.3) is 0 Å². The van der Waals surface area contributed by atoms with Crippen LogP contribution in [0.1, 0.15) is 40.0 Å². The number of nitrogens with one attached hydrogen (secondary N) is 1. The number of rotatable bonds is 3. The van der Waals surface area contributed by atoms with Crippen molar-refractivity contribution in [1.82, 2.24) is 5.32 Å². The fourth-order valence-corrected chi connectivity index (χ4v) is 3.54. The number of ether oxygens (including phenoxy) is 1. The Balaban J connectivity index is 1.64. The van der Waals surface area contributed by atoms with E-state index in [1.807, 2.05) is 24.3 Å². The third kappa shape index (κ3) is 4.91. The molecule has 148 valence electrons. The molecule has 3 rings (SSSR count). The molecule has 2 fully saturated rings. The summed E-state index contributed by atoms with van der Waals surface area (Å²) in [6, 6.07) is 7.24. The fraction of sp³-hybridized carbons (Fsp3) is 0.600. The molecule has 27 heavy (non-hydrogen) atoms. The minimum absolute atomic E-state index is 0.114. The van der Waals surface area contributed by atoms with Crippen LogP contribution in [-0.4, -0.2) is 54.5 Å². The Kier molecular flexibility index (Phi) is 5.60. The van der Waals surface area contributed by atoms with Crippen LogP contribution in [-0.2, 0) is 9.53 Å². The van der Waals surface area contributed by atoms with E-state index >= 15 is 0 Å². The van der Waals surface area contributed by atoms with Crippen LogP contribution in [0.25, 0.3) is 0 Å². The molecule has 0 aliphatic carbocycles. The van der Waals surface area contributed by atoms with Crippen LogP contribution >= 0.6 is 0 Å². The number of hydrogen-bond donors (Lipinski definition) is 2. The summed E-state index contributed by atoms with van der Waals surface area (Å²) in [4.78, 5) is 28.7. The minimum Gasteiger partial charge on any atom is -0.444 e. The second kappa shape index (κ2) is 7.76. The summed E-state index contributed by atoms with van der Waals surface area (Å²) in [5.41, 5.74) is 1.27. The highest BCUT2D eigenvalue weighted by molar-refractivity contribution is 5.99. The number of benzene rings is 1. The third-order valence-corrected chi connectivity index (χ3v) is 4.82. The van der Waals surface area contributed by atoms with Crippen molar-refractivity contribution in [2.24, 2.45) is 0 Å². The smallest absolute Gasteiger partial charge is 0.408 e. The Bertz CT molecular complexity index is 683. The fourth-order valence-electron chi connectivity index (χ4n) is 3.54. The maximum absolute atomic E-state index is 12.8. The molecule has 1 aromatic rings. The number of amides is 2. The summed E-state index contributed by atoms with van der Waals surface area (Å²) >= 11 is 0. The van der Waals surface area contributed by atoms with E-state index in [2.05, 4.69) is 10.2 Å². The Labute approximate surface area is 160 Å². The van der Waals surface area contributed by atoms with E-state index in [1.54, 1.807) is 25.7 Å². The molecule has 2 amide bonds. The second-order valence-electron chi connectivity index (χ2n) is 8.24. The number of anilines is 2. The number of aliphatic hydroxyl groups is 1. The number of carbonyl (C=O) groups is 2. The lowest BCUT2D eigenvalue weighted by molar-refractivity contribution is -0.121. The first kappa shape index (κ1) is 19.5. The summed E-state index contributed by atoms with van der Waals surface area (Å²) in [7, 11) is 0. The predicted octanol–water partition coefficient (Wildman–Crippen LogP) is 2.28. The van der Waals surface area contributed by atoms with Crippen LogP contribution in [0.2, 0.25) is 0 Å². The summed E-state index contributed by atoms with van der Waals surface area (Å²) in [6.07, 6.45) is 1.37. The molecule has 0 saturated carbocycles. The third-order valence-electron chi connectivity index (χ3n) is 4.82. The van der Waals surface area contributed by atoms with E-state index in [9.17, 15) is 14.7 Å². The van der Waals surface area contributed by atoms with Crippen molar-refractivity contribution in [3.63, 3.8) is 0 Å². The molecule has 2 saturated heterocycles. The summed E-state index contributed by atoms with van der Waals surface area (Å²) in [5, 5.41) is 12.4. The number of β-amino-alcohol motifs (C(OH)–C–C–N with tert-alkyl or cyclic N) is 1. The first-order chi connectivity index (χ1) is 12.7. The van der Waals surface area contributed by atoms with E-state index in [1.165, 1.54) is 0 Å². The Morgan fingerprint density at radius 2 is 1.81 bits per heavy atom. The summed E-state index contributed by atoms with van der Waals surface area (Å²) in [6.45, 7) is 7.50. The molecule has 0 bridgehead atoms. The van der Waals surface area contributed by atoms with Crippen LogP contribution in [0.5, 0.6) is 0 Å². The summed E-state index contributed by atoms with van der Waals surface area (Å²) in [5.74, 6) is -0.114. The van der Waals surface area contributed by atoms with Crippen LogP contribution in [0.15, 0.2) is 24.3 Å². The van der Waals surface area contributed by atoms with Crippen LogP contribution in [0.4, 0.5) is 16.2 Å². The highest BCUT2D eigenvalue weighted by atomic mass is 16.6. The Morgan fingerprint density at radius 3 is 2.41 bits per heavy atom. The molecule has 0 aromatic heterocycles.